The quantitative estimate of drug-likeness (QED) is 0.162. The molecule has 0 radical (unpaired) electrons. The Hall–Kier alpha value is -5.22. The number of fused-ring (bicyclic) bond motifs is 9. The molecule has 0 amide bonds. The van der Waals surface area contributed by atoms with Crippen LogP contribution in [0, 0.1) is 6.92 Å². The number of hydrogen-bond acceptors (Lipinski definition) is 3. The van der Waals surface area contributed by atoms with Gasteiger partial charge in [-0.25, -0.2) is 0 Å². The molecule has 7 aromatic rings. The van der Waals surface area contributed by atoms with Crippen molar-refractivity contribution in [3.63, 3.8) is 0 Å². The van der Waals surface area contributed by atoms with E-state index in [1.54, 1.807) is 0 Å². The first-order chi connectivity index (χ1) is 28.7. The number of para-hydroxylation sites is 2. The van der Waals surface area contributed by atoms with Crippen molar-refractivity contribution in [2.45, 2.75) is 136 Å². The zero-order valence-electron chi connectivity index (χ0n) is 38.5. The molecule has 2 aliphatic heterocycles. The third kappa shape index (κ3) is 5.55. The lowest BCUT2D eigenvalue weighted by atomic mass is 9.33. The Kier molecular flexibility index (Phi) is 7.90. The standard InChI is InChI=1S/C57H61BN2O/c1-34-17-13-15-19-45(34)60-46-30-38-37-18-14-16-20-50(37)61-51(38)33-44(46)58-43-31-41-42(57(11,12)26-25-56(41,9)10)32-47(43)59(48-27-35(53(2,3)4)28-49(60)52(48)58)36-21-22-39-40(29-36)55(7,8)24-23-54(39,5)6/h13-22,27-33H,23-26H2,1-12H3. The maximum absolute atomic E-state index is 6.77. The second-order valence-electron chi connectivity index (χ2n) is 22.8. The minimum Gasteiger partial charge on any atom is -0.456 e. The molecular weight excluding hydrogens is 739 g/mol. The fourth-order valence-corrected chi connectivity index (χ4v) is 11.8. The molecule has 308 valence electrons. The summed E-state index contributed by atoms with van der Waals surface area (Å²) in [5.74, 6) is 0. The summed E-state index contributed by atoms with van der Waals surface area (Å²) in [6.07, 6.45) is 4.72. The number of nitrogens with zero attached hydrogens (tertiary/aromatic N) is 2. The van der Waals surface area contributed by atoms with Crippen LogP contribution in [0.15, 0.2) is 108 Å². The monoisotopic (exact) mass is 800 g/mol. The summed E-state index contributed by atoms with van der Waals surface area (Å²) in [6, 6.07) is 40.2. The van der Waals surface area contributed by atoms with E-state index in [4.69, 9.17) is 4.42 Å². The molecule has 0 fully saturated rings. The number of aryl methyl sites for hydroxylation is 1. The summed E-state index contributed by atoms with van der Waals surface area (Å²) in [6.45, 7) is 29.1. The van der Waals surface area contributed by atoms with Gasteiger partial charge in [0.1, 0.15) is 11.2 Å². The number of hydrogen-bond donors (Lipinski definition) is 0. The van der Waals surface area contributed by atoms with Gasteiger partial charge in [-0.2, -0.15) is 0 Å². The molecular formula is C57H61BN2O. The van der Waals surface area contributed by atoms with E-state index >= 15 is 0 Å². The summed E-state index contributed by atoms with van der Waals surface area (Å²) in [4.78, 5) is 5.29. The average molecular weight is 801 g/mol. The van der Waals surface area contributed by atoms with Gasteiger partial charge in [0, 0.05) is 44.9 Å². The van der Waals surface area contributed by atoms with Crippen molar-refractivity contribution in [1.29, 1.82) is 0 Å². The first-order valence-corrected chi connectivity index (χ1v) is 22.9. The highest BCUT2D eigenvalue weighted by Gasteiger charge is 2.48. The fourth-order valence-electron chi connectivity index (χ4n) is 11.8. The van der Waals surface area contributed by atoms with Crippen LogP contribution in [0.5, 0.6) is 0 Å². The van der Waals surface area contributed by atoms with E-state index in [2.05, 4.69) is 196 Å². The van der Waals surface area contributed by atoms with Crippen LogP contribution in [0.25, 0.3) is 21.9 Å². The molecule has 3 heterocycles. The predicted octanol–water partition coefficient (Wildman–Crippen LogP) is 14.0. The molecule has 4 heteroatoms. The second kappa shape index (κ2) is 12.5. The molecule has 0 atom stereocenters. The van der Waals surface area contributed by atoms with Gasteiger partial charge in [-0.1, -0.05) is 125 Å². The zero-order valence-corrected chi connectivity index (χ0v) is 38.5. The minimum atomic E-state index is -0.0981. The summed E-state index contributed by atoms with van der Waals surface area (Å²) < 4.78 is 6.77. The van der Waals surface area contributed by atoms with Crippen molar-refractivity contribution >= 4 is 79.2 Å². The molecule has 0 saturated heterocycles. The van der Waals surface area contributed by atoms with Crippen molar-refractivity contribution in [3.8, 4) is 0 Å². The van der Waals surface area contributed by atoms with Gasteiger partial charge < -0.3 is 14.2 Å². The predicted molar refractivity (Wildman–Crippen MR) is 262 cm³/mol. The maximum atomic E-state index is 6.77. The Bertz CT molecular complexity index is 3010. The number of rotatable bonds is 2. The summed E-state index contributed by atoms with van der Waals surface area (Å²) in [7, 11) is 0. The lowest BCUT2D eigenvalue weighted by Gasteiger charge is -2.48. The molecule has 0 unspecified atom stereocenters. The van der Waals surface area contributed by atoms with Gasteiger partial charge >= 0.3 is 0 Å². The second-order valence-corrected chi connectivity index (χ2v) is 22.8. The van der Waals surface area contributed by atoms with E-state index < -0.39 is 0 Å². The van der Waals surface area contributed by atoms with Gasteiger partial charge in [0.15, 0.2) is 0 Å². The van der Waals surface area contributed by atoms with Crippen LogP contribution in [0.3, 0.4) is 0 Å². The third-order valence-corrected chi connectivity index (χ3v) is 15.9. The SMILES string of the molecule is Cc1ccccc1N1c2cc3c(cc2B2c4cc5c(cc4N(c4ccc6c(c4)C(C)(C)CCC6(C)C)c4cc(C(C)(C)C)cc1c42)C(C)(C)CCC5(C)C)oc1ccccc13. The van der Waals surface area contributed by atoms with Crippen LogP contribution < -0.4 is 26.2 Å². The zero-order chi connectivity index (χ0) is 42.8. The Morgan fingerprint density at radius 1 is 0.492 bits per heavy atom. The van der Waals surface area contributed by atoms with Crippen LogP contribution in [0.2, 0.25) is 0 Å². The van der Waals surface area contributed by atoms with Crippen LogP contribution in [-0.4, -0.2) is 6.71 Å². The minimum absolute atomic E-state index is 0.00251. The fraction of sp³-hybridized carbons (Fsp3) is 0.368. The molecule has 1 aromatic heterocycles. The Morgan fingerprint density at radius 2 is 1.05 bits per heavy atom. The molecule has 3 nitrogen and oxygen atoms in total. The van der Waals surface area contributed by atoms with Crippen molar-refractivity contribution < 1.29 is 4.42 Å². The molecule has 0 spiro atoms. The molecule has 61 heavy (non-hydrogen) atoms. The third-order valence-electron chi connectivity index (χ3n) is 15.9. The van der Waals surface area contributed by atoms with Crippen molar-refractivity contribution in [1.82, 2.24) is 0 Å². The molecule has 4 aliphatic rings. The summed E-state index contributed by atoms with van der Waals surface area (Å²) >= 11 is 0. The highest BCUT2D eigenvalue weighted by atomic mass is 16.3. The van der Waals surface area contributed by atoms with Crippen LogP contribution in [0.1, 0.15) is 135 Å². The van der Waals surface area contributed by atoms with Gasteiger partial charge in [-0.05, 0) is 164 Å². The van der Waals surface area contributed by atoms with Crippen LogP contribution in [-0.2, 0) is 27.1 Å². The van der Waals surface area contributed by atoms with E-state index in [1.807, 2.05) is 0 Å². The van der Waals surface area contributed by atoms with Gasteiger partial charge in [-0.15, -0.1) is 0 Å². The van der Waals surface area contributed by atoms with Gasteiger partial charge in [0.2, 0.25) is 0 Å². The summed E-state index contributed by atoms with van der Waals surface area (Å²) in [5.41, 5.74) is 22.3. The largest absolute Gasteiger partial charge is 0.456 e. The number of benzene rings is 6. The Labute approximate surface area is 364 Å². The molecule has 0 bridgehead atoms. The van der Waals surface area contributed by atoms with E-state index in [-0.39, 0.29) is 33.8 Å². The van der Waals surface area contributed by atoms with E-state index in [0.29, 0.717) is 0 Å². The van der Waals surface area contributed by atoms with Crippen molar-refractivity contribution in [2.75, 3.05) is 9.80 Å². The van der Waals surface area contributed by atoms with E-state index in [9.17, 15) is 0 Å². The lowest BCUT2D eigenvalue weighted by molar-refractivity contribution is 0.332. The Morgan fingerprint density at radius 3 is 1.72 bits per heavy atom. The number of anilines is 6. The molecule has 11 rings (SSSR count). The highest BCUT2D eigenvalue weighted by Crippen LogP contribution is 2.53. The average Bonchev–Trinajstić information content (AvgIpc) is 3.57. The van der Waals surface area contributed by atoms with Crippen LogP contribution >= 0.6 is 0 Å². The van der Waals surface area contributed by atoms with Crippen molar-refractivity contribution in [2.24, 2.45) is 0 Å². The molecule has 0 saturated carbocycles. The highest BCUT2D eigenvalue weighted by molar-refractivity contribution is 7.00. The smallest absolute Gasteiger partial charge is 0.252 e. The molecule has 2 aliphatic carbocycles. The molecule has 6 aromatic carbocycles. The normalized spacial score (nSPS) is 19.0. The summed E-state index contributed by atoms with van der Waals surface area (Å²) in [5, 5.41) is 2.32. The van der Waals surface area contributed by atoms with E-state index in [1.165, 1.54) is 110 Å². The Balaban J connectivity index is 1.31. The first kappa shape index (κ1) is 38.7. The van der Waals surface area contributed by atoms with E-state index in [0.717, 1.165) is 21.9 Å². The van der Waals surface area contributed by atoms with Gasteiger partial charge in [0.05, 0.1) is 0 Å². The van der Waals surface area contributed by atoms with Gasteiger partial charge in [0.25, 0.3) is 6.71 Å². The lowest BCUT2D eigenvalue weighted by Crippen LogP contribution is -2.62. The topological polar surface area (TPSA) is 19.6 Å². The van der Waals surface area contributed by atoms with Gasteiger partial charge in [-0.3, -0.25) is 0 Å². The number of furan rings is 1. The molecule has 0 N–H and O–H groups in total. The first-order valence-electron chi connectivity index (χ1n) is 22.9. The van der Waals surface area contributed by atoms with Crippen molar-refractivity contribution in [3.05, 3.63) is 137 Å². The van der Waals surface area contributed by atoms with Crippen LogP contribution in [0.4, 0.5) is 34.1 Å². The maximum Gasteiger partial charge on any atom is 0.252 e.